The third-order valence-corrected chi connectivity index (χ3v) is 6.49. The molecule has 0 spiro atoms. The summed E-state index contributed by atoms with van der Waals surface area (Å²) in [6, 6.07) is 5.30. The van der Waals surface area contributed by atoms with Gasteiger partial charge < -0.3 is 19.7 Å². The zero-order valence-corrected chi connectivity index (χ0v) is 20.4. The SMILES string of the molecule is CCSc1nc(N2CCOCC2)c2cnn(CCNC(=O)c3cc(OC)ccc3Br)c2n1. The quantitative estimate of drug-likeness (QED) is 0.357. The molecule has 4 rings (SSSR count). The van der Waals surface area contributed by atoms with Gasteiger partial charge in [0.1, 0.15) is 11.6 Å². The number of halogens is 1. The molecule has 0 saturated carbocycles. The first-order valence-corrected chi connectivity index (χ1v) is 12.2. The average Bonchev–Trinajstić information content (AvgIpc) is 3.22. The van der Waals surface area contributed by atoms with Crippen molar-refractivity contribution in [3.63, 3.8) is 0 Å². The molecule has 0 bridgehead atoms. The smallest absolute Gasteiger partial charge is 0.252 e. The highest BCUT2D eigenvalue weighted by Gasteiger charge is 2.20. The number of anilines is 1. The standard InChI is InChI=1S/C21H25BrN6O3S/c1-3-32-21-25-18(27-8-10-31-11-9-27)16-13-24-28(19(16)26-21)7-6-23-20(29)15-12-14(30-2)4-5-17(15)22/h4-5,12-13H,3,6-11H2,1-2H3,(H,23,29). The van der Waals surface area contributed by atoms with E-state index in [-0.39, 0.29) is 5.91 Å². The highest BCUT2D eigenvalue weighted by molar-refractivity contribution is 9.10. The Bertz CT molecular complexity index is 1100. The number of carbonyl (C=O) groups excluding carboxylic acids is 1. The van der Waals surface area contributed by atoms with Gasteiger partial charge in [-0.1, -0.05) is 18.7 Å². The van der Waals surface area contributed by atoms with Crippen LogP contribution in [0.4, 0.5) is 5.82 Å². The summed E-state index contributed by atoms with van der Waals surface area (Å²) in [7, 11) is 1.58. The second-order valence-electron chi connectivity index (χ2n) is 7.07. The predicted octanol–water partition coefficient (Wildman–Crippen LogP) is 2.98. The lowest BCUT2D eigenvalue weighted by molar-refractivity contribution is 0.0951. The van der Waals surface area contributed by atoms with Crippen LogP contribution in [0.5, 0.6) is 5.75 Å². The molecule has 9 nitrogen and oxygen atoms in total. The predicted molar refractivity (Wildman–Crippen MR) is 128 cm³/mol. The van der Waals surface area contributed by atoms with Crippen LogP contribution in [-0.2, 0) is 11.3 Å². The van der Waals surface area contributed by atoms with E-state index >= 15 is 0 Å². The van der Waals surface area contributed by atoms with Crippen molar-refractivity contribution in [2.45, 2.75) is 18.6 Å². The normalized spacial score (nSPS) is 14.0. The summed E-state index contributed by atoms with van der Waals surface area (Å²) in [6.07, 6.45) is 1.81. The first-order chi connectivity index (χ1) is 15.6. The Morgan fingerprint density at radius 3 is 2.88 bits per heavy atom. The van der Waals surface area contributed by atoms with Gasteiger partial charge in [-0.2, -0.15) is 5.10 Å². The molecule has 1 aliphatic heterocycles. The van der Waals surface area contributed by atoms with Crippen LogP contribution < -0.4 is 15.0 Å². The summed E-state index contributed by atoms with van der Waals surface area (Å²) in [6.45, 7) is 5.93. The first-order valence-electron chi connectivity index (χ1n) is 10.4. The van der Waals surface area contributed by atoms with Crippen LogP contribution in [0.25, 0.3) is 11.0 Å². The fraction of sp³-hybridized carbons (Fsp3) is 0.429. The fourth-order valence-corrected chi connectivity index (χ4v) is 4.46. The topological polar surface area (TPSA) is 94.4 Å². The van der Waals surface area contributed by atoms with E-state index in [1.807, 2.05) is 4.68 Å². The number of hydrogen-bond acceptors (Lipinski definition) is 8. The van der Waals surface area contributed by atoms with E-state index in [9.17, 15) is 4.79 Å². The van der Waals surface area contributed by atoms with Crippen LogP contribution in [0.3, 0.4) is 0 Å². The van der Waals surface area contributed by atoms with E-state index in [1.165, 1.54) is 0 Å². The zero-order chi connectivity index (χ0) is 22.5. The van der Waals surface area contributed by atoms with Crippen molar-refractivity contribution in [1.29, 1.82) is 0 Å². The number of amides is 1. The number of ether oxygens (including phenoxy) is 2. The fourth-order valence-electron chi connectivity index (χ4n) is 3.47. The van der Waals surface area contributed by atoms with Crippen molar-refractivity contribution in [2.75, 3.05) is 50.6 Å². The third kappa shape index (κ3) is 5.00. The minimum atomic E-state index is -0.182. The molecule has 1 aromatic carbocycles. The molecule has 1 N–H and O–H groups in total. The Hall–Kier alpha value is -2.37. The lowest BCUT2D eigenvalue weighted by atomic mass is 10.2. The summed E-state index contributed by atoms with van der Waals surface area (Å²) < 4.78 is 13.2. The Kier molecular flexibility index (Phi) is 7.48. The van der Waals surface area contributed by atoms with Crippen LogP contribution in [0.1, 0.15) is 17.3 Å². The number of benzene rings is 1. The Balaban J connectivity index is 1.52. The van der Waals surface area contributed by atoms with Gasteiger partial charge in [-0.25, -0.2) is 14.6 Å². The number of hydrogen-bond donors (Lipinski definition) is 1. The molecule has 170 valence electrons. The van der Waals surface area contributed by atoms with Crippen molar-refractivity contribution in [1.82, 2.24) is 25.1 Å². The van der Waals surface area contributed by atoms with Gasteiger partial charge in [-0.3, -0.25) is 4.79 Å². The summed E-state index contributed by atoms with van der Waals surface area (Å²) >= 11 is 5.03. The number of nitrogens with one attached hydrogen (secondary N) is 1. The Morgan fingerprint density at radius 1 is 1.31 bits per heavy atom. The maximum absolute atomic E-state index is 12.7. The van der Waals surface area contributed by atoms with Crippen LogP contribution in [0, 0.1) is 0 Å². The van der Waals surface area contributed by atoms with Crippen LogP contribution in [-0.4, -0.2) is 71.4 Å². The molecule has 1 saturated heterocycles. The van der Waals surface area contributed by atoms with Gasteiger partial charge in [0.25, 0.3) is 5.91 Å². The molecule has 0 radical (unpaired) electrons. The molecule has 3 aromatic rings. The molecule has 1 aliphatic rings. The second kappa shape index (κ2) is 10.5. The monoisotopic (exact) mass is 520 g/mol. The number of thioether (sulfide) groups is 1. The number of carbonyl (C=O) groups is 1. The highest BCUT2D eigenvalue weighted by atomic mass is 79.9. The van der Waals surface area contributed by atoms with Crippen molar-refractivity contribution >= 4 is 50.5 Å². The van der Waals surface area contributed by atoms with E-state index in [0.29, 0.717) is 42.1 Å². The molecule has 0 aliphatic carbocycles. The molecule has 3 heterocycles. The van der Waals surface area contributed by atoms with E-state index in [2.05, 4.69) is 38.2 Å². The molecule has 2 aromatic heterocycles. The number of rotatable bonds is 8. The number of fused-ring (bicyclic) bond motifs is 1. The summed E-state index contributed by atoms with van der Waals surface area (Å²) in [5.41, 5.74) is 1.29. The largest absolute Gasteiger partial charge is 0.497 e. The van der Waals surface area contributed by atoms with Crippen molar-refractivity contribution in [3.8, 4) is 5.75 Å². The van der Waals surface area contributed by atoms with E-state index < -0.39 is 0 Å². The molecular formula is C21H25BrN6O3S. The number of methoxy groups -OCH3 is 1. The number of morpholine rings is 1. The first kappa shape index (κ1) is 22.8. The molecule has 1 fully saturated rings. The zero-order valence-electron chi connectivity index (χ0n) is 18.0. The molecule has 11 heteroatoms. The minimum absolute atomic E-state index is 0.182. The molecular weight excluding hydrogens is 496 g/mol. The van der Waals surface area contributed by atoms with Gasteiger partial charge in [-0.15, -0.1) is 0 Å². The van der Waals surface area contributed by atoms with Crippen molar-refractivity contribution in [2.24, 2.45) is 0 Å². The molecule has 32 heavy (non-hydrogen) atoms. The van der Waals surface area contributed by atoms with Crippen LogP contribution >= 0.6 is 27.7 Å². The van der Waals surface area contributed by atoms with Crippen LogP contribution in [0.15, 0.2) is 34.0 Å². The van der Waals surface area contributed by atoms with Crippen LogP contribution in [0.2, 0.25) is 0 Å². The van der Waals surface area contributed by atoms with Crippen molar-refractivity contribution in [3.05, 3.63) is 34.4 Å². The van der Waals surface area contributed by atoms with Gasteiger partial charge in [-0.05, 0) is 39.9 Å². The lowest BCUT2D eigenvalue weighted by Gasteiger charge is -2.28. The van der Waals surface area contributed by atoms with E-state index in [0.717, 1.165) is 40.9 Å². The number of aromatic nitrogens is 4. The second-order valence-corrected chi connectivity index (χ2v) is 9.15. The summed E-state index contributed by atoms with van der Waals surface area (Å²) in [4.78, 5) is 24.4. The third-order valence-electron chi connectivity index (χ3n) is 5.07. The maximum Gasteiger partial charge on any atom is 0.252 e. The summed E-state index contributed by atoms with van der Waals surface area (Å²) in [5, 5.41) is 9.12. The van der Waals surface area contributed by atoms with Crippen molar-refractivity contribution < 1.29 is 14.3 Å². The highest BCUT2D eigenvalue weighted by Crippen LogP contribution is 2.28. The summed E-state index contributed by atoms with van der Waals surface area (Å²) in [5.74, 6) is 2.22. The molecule has 1 amide bonds. The van der Waals surface area contributed by atoms with Gasteiger partial charge in [0.2, 0.25) is 0 Å². The van der Waals surface area contributed by atoms with Gasteiger partial charge in [0.15, 0.2) is 10.8 Å². The lowest BCUT2D eigenvalue weighted by Crippen LogP contribution is -2.37. The Morgan fingerprint density at radius 2 is 2.12 bits per heavy atom. The van der Waals surface area contributed by atoms with E-state index in [1.54, 1.807) is 43.3 Å². The Labute approximate surface area is 199 Å². The minimum Gasteiger partial charge on any atom is -0.497 e. The van der Waals surface area contributed by atoms with Gasteiger partial charge in [0, 0.05) is 24.1 Å². The van der Waals surface area contributed by atoms with Gasteiger partial charge in [0.05, 0.1) is 44.0 Å². The number of nitrogens with zero attached hydrogens (tertiary/aromatic N) is 5. The van der Waals surface area contributed by atoms with Gasteiger partial charge >= 0.3 is 0 Å². The average molecular weight is 521 g/mol. The van der Waals surface area contributed by atoms with E-state index in [4.69, 9.17) is 19.4 Å². The molecule has 0 unspecified atom stereocenters. The maximum atomic E-state index is 12.7. The molecule has 0 atom stereocenters.